The highest BCUT2D eigenvalue weighted by atomic mass is 19.1. The van der Waals surface area contributed by atoms with Crippen LogP contribution in [0.5, 0.6) is 5.75 Å². The SMILES string of the molecule is CCCn1cnnc1-c1ccc(F)c(OC)c1. The minimum Gasteiger partial charge on any atom is -0.494 e. The van der Waals surface area contributed by atoms with Gasteiger partial charge in [0.1, 0.15) is 6.33 Å². The molecule has 0 aliphatic rings. The van der Waals surface area contributed by atoms with E-state index in [0.717, 1.165) is 24.4 Å². The second-order valence-electron chi connectivity index (χ2n) is 3.70. The van der Waals surface area contributed by atoms with Crippen molar-refractivity contribution >= 4 is 0 Å². The summed E-state index contributed by atoms with van der Waals surface area (Å²) < 4.78 is 20.2. The zero-order chi connectivity index (χ0) is 12.3. The van der Waals surface area contributed by atoms with Gasteiger partial charge in [0.05, 0.1) is 7.11 Å². The van der Waals surface area contributed by atoms with Gasteiger partial charge >= 0.3 is 0 Å². The predicted octanol–water partition coefficient (Wildman–Crippen LogP) is 2.50. The van der Waals surface area contributed by atoms with Gasteiger partial charge in [-0.3, -0.25) is 0 Å². The highest BCUT2D eigenvalue weighted by Crippen LogP contribution is 2.24. The van der Waals surface area contributed by atoms with E-state index in [2.05, 4.69) is 17.1 Å². The summed E-state index contributed by atoms with van der Waals surface area (Å²) in [5, 5.41) is 7.92. The Labute approximate surface area is 99.1 Å². The molecule has 0 unspecified atom stereocenters. The van der Waals surface area contributed by atoms with Crippen LogP contribution >= 0.6 is 0 Å². The zero-order valence-corrected chi connectivity index (χ0v) is 9.85. The molecule has 0 saturated carbocycles. The molecule has 2 rings (SSSR count). The molecule has 0 aliphatic carbocycles. The van der Waals surface area contributed by atoms with E-state index in [9.17, 15) is 4.39 Å². The van der Waals surface area contributed by atoms with Crippen molar-refractivity contribution in [2.75, 3.05) is 7.11 Å². The molecule has 0 radical (unpaired) electrons. The van der Waals surface area contributed by atoms with Crippen LogP contribution in [0.15, 0.2) is 24.5 Å². The van der Waals surface area contributed by atoms with Crippen molar-refractivity contribution in [1.29, 1.82) is 0 Å². The largest absolute Gasteiger partial charge is 0.494 e. The first kappa shape index (κ1) is 11.6. The van der Waals surface area contributed by atoms with E-state index in [-0.39, 0.29) is 11.6 Å². The Morgan fingerprint density at radius 3 is 2.94 bits per heavy atom. The minimum atomic E-state index is -0.377. The van der Waals surface area contributed by atoms with E-state index in [4.69, 9.17) is 4.74 Å². The molecule has 1 heterocycles. The van der Waals surface area contributed by atoms with Crippen LogP contribution in [0, 0.1) is 5.82 Å². The molecule has 17 heavy (non-hydrogen) atoms. The fraction of sp³-hybridized carbons (Fsp3) is 0.333. The molecule has 0 aliphatic heterocycles. The lowest BCUT2D eigenvalue weighted by molar-refractivity contribution is 0.386. The molecule has 0 amide bonds. The van der Waals surface area contributed by atoms with Crippen LogP contribution in [0.4, 0.5) is 4.39 Å². The maximum atomic E-state index is 13.3. The third-order valence-electron chi connectivity index (χ3n) is 2.49. The third-order valence-corrected chi connectivity index (χ3v) is 2.49. The molecule has 0 fully saturated rings. The Morgan fingerprint density at radius 2 is 2.24 bits per heavy atom. The van der Waals surface area contributed by atoms with E-state index >= 15 is 0 Å². The Bertz CT molecular complexity index is 510. The molecule has 90 valence electrons. The van der Waals surface area contributed by atoms with E-state index < -0.39 is 0 Å². The monoisotopic (exact) mass is 235 g/mol. The first-order valence-electron chi connectivity index (χ1n) is 5.48. The van der Waals surface area contributed by atoms with Crippen LogP contribution in [-0.2, 0) is 6.54 Å². The molecule has 0 saturated heterocycles. The van der Waals surface area contributed by atoms with Crippen molar-refractivity contribution in [2.24, 2.45) is 0 Å². The normalized spacial score (nSPS) is 10.5. The van der Waals surface area contributed by atoms with Gasteiger partial charge in [-0.1, -0.05) is 6.92 Å². The lowest BCUT2D eigenvalue weighted by atomic mass is 10.2. The molecule has 1 aromatic heterocycles. The van der Waals surface area contributed by atoms with E-state index in [1.54, 1.807) is 18.5 Å². The van der Waals surface area contributed by atoms with Crippen molar-refractivity contribution in [1.82, 2.24) is 14.8 Å². The highest BCUT2D eigenvalue weighted by molar-refractivity contribution is 5.57. The topological polar surface area (TPSA) is 39.9 Å². The molecule has 5 heteroatoms. The molecular formula is C12H14FN3O. The summed E-state index contributed by atoms with van der Waals surface area (Å²) >= 11 is 0. The van der Waals surface area contributed by atoms with Gasteiger partial charge in [0, 0.05) is 12.1 Å². The number of aryl methyl sites for hydroxylation is 1. The standard InChI is InChI=1S/C12H14FN3O/c1-3-6-16-8-14-15-12(16)9-4-5-10(13)11(7-9)17-2/h4-5,7-8H,3,6H2,1-2H3. The molecule has 2 aromatic rings. The second kappa shape index (κ2) is 4.95. The average molecular weight is 235 g/mol. The van der Waals surface area contributed by atoms with Gasteiger partial charge in [0.25, 0.3) is 0 Å². The van der Waals surface area contributed by atoms with Crippen LogP contribution in [0.1, 0.15) is 13.3 Å². The van der Waals surface area contributed by atoms with Gasteiger partial charge in [-0.2, -0.15) is 0 Å². The number of rotatable bonds is 4. The molecule has 4 nitrogen and oxygen atoms in total. The summed E-state index contributed by atoms with van der Waals surface area (Å²) in [4.78, 5) is 0. The summed E-state index contributed by atoms with van der Waals surface area (Å²) in [6, 6.07) is 4.68. The van der Waals surface area contributed by atoms with Gasteiger partial charge in [0.15, 0.2) is 17.4 Å². The Hall–Kier alpha value is -1.91. The maximum Gasteiger partial charge on any atom is 0.165 e. The van der Waals surface area contributed by atoms with Gasteiger partial charge in [-0.05, 0) is 24.6 Å². The molecule has 0 spiro atoms. The van der Waals surface area contributed by atoms with Crippen LogP contribution in [0.3, 0.4) is 0 Å². The molecule has 1 aromatic carbocycles. The number of nitrogens with zero attached hydrogens (tertiary/aromatic N) is 3. The van der Waals surface area contributed by atoms with Gasteiger partial charge in [-0.25, -0.2) is 4.39 Å². The minimum absolute atomic E-state index is 0.216. The van der Waals surface area contributed by atoms with Gasteiger partial charge in [-0.15, -0.1) is 10.2 Å². The molecule has 0 atom stereocenters. The van der Waals surface area contributed by atoms with Crippen LogP contribution in [-0.4, -0.2) is 21.9 Å². The first-order valence-corrected chi connectivity index (χ1v) is 5.48. The number of methoxy groups -OCH3 is 1. The first-order chi connectivity index (χ1) is 8.26. The predicted molar refractivity (Wildman–Crippen MR) is 62.3 cm³/mol. The molecular weight excluding hydrogens is 221 g/mol. The fourth-order valence-electron chi connectivity index (χ4n) is 1.68. The Balaban J connectivity index is 2.42. The quantitative estimate of drug-likeness (QED) is 0.817. The smallest absolute Gasteiger partial charge is 0.165 e. The van der Waals surface area contributed by atoms with Crippen molar-refractivity contribution in [3.8, 4) is 17.1 Å². The number of benzene rings is 1. The van der Waals surface area contributed by atoms with Crippen molar-refractivity contribution in [3.05, 3.63) is 30.3 Å². The van der Waals surface area contributed by atoms with E-state index in [1.807, 2.05) is 4.57 Å². The average Bonchev–Trinajstić information content (AvgIpc) is 2.78. The lowest BCUT2D eigenvalue weighted by Crippen LogP contribution is -1.99. The number of halogens is 1. The second-order valence-corrected chi connectivity index (χ2v) is 3.70. The number of hydrogen-bond donors (Lipinski definition) is 0. The molecule has 0 bridgehead atoms. The summed E-state index contributed by atoms with van der Waals surface area (Å²) in [6.07, 6.45) is 2.66. The lowest BCUT2D eigenvalue weighted by Gasteiger charge is -2.07. The number of ether oxygens (including phenoxy) is 1. The van der Waals surface area contributed by atoms with Gasteiger partial charge in [0.2, 0.25) is 0 Å². The van der Waals surface area contributed by atoms with E-state index in [0.29, 0.717) is 0 Å². The number of hydrogen-bond acceptors (Lipinski definition) is 3. The third kappa shape index (κ3) is 2.27. The van der Waals surface area contributed by atoms with Crippen LogP contribution in [0.2, 0.25) is 0 Å². The van der Waals surface area contributed by atoms with Crippen molar-refractivity contribution < 1.29 is 9.13 Å². The zero-order valence-electron chi connectivity index (χ0n) is 9.85. The van der Waals surface area contributed by atoms with E-state index in [1.165, 1.54) is 13.2 Å². The van der Waals surface area contributed by atoms with Gasteiger partial charge < -0.3 is 9.30 Å². The molecule has 0 N–H and O–H groups in total. The summed E-state index contributed by atoms with van der Waals surface area (Å²) in [5.41, 5.74) is 0.800. The Morgan fingerprint density at radius 1 is 1.41 bits per heavy atom. The van der Waals surface area contributed by atoms with Crippen molar-refractivity contribution in [3.63, 3.8) is 0 Å². The highest BCUT2D eigenvalue weighted by Gasteiger charge is 2.10. The van der Waals surface area contributed by atoms with Crippen LogP contribution < -0.4 is 4.74 Å². The fourth-order valence-corrected chi connectivity index (χ4v) is 1.68. The maximum absolute atomic E-state index is 13.3. The number of aromatic nitrogens is 3. The Kier molecular flexibility index (Phi) is 3.37. The summed E-state index contributed by atoms with van der Waals surface area (Å²) in [7, 11) is 1.44. The summed E-state index contributed by atoms with van der Waals surface area (Å²) in [5.74, 6) is 0.566. The summed E-state index contributed by atoms with van der Waals surface area (Å²) in [6.45, 7) is 2.91. The van der Waals surface area contributed by atoms with Crippen LogP contribution in [0.25, 0.3) is 11.4 Å². The van der Waals surface area contributed by atoms with Crippen molar-refractivity contribution in [2.45, 2.75) is 19.9 Å².